The molecule has 1 saturated carbocycles. The van der Waals surface area contributed by atoms with E-state index >= 15 is 0 Å². The first-order valence-corrected chi connectivity index (χ1v) is 16.9. The summed E-state index contributed by atoms with van der Waals surface area (Å²) in [7, 11) is -8.13. The molecule has 0 amide bonds. The molecule has 3 aromatic heterocycles. The second kappa shape index (κ2) is 9.51. The van der Waals surface area contributed by atoms with E-state index in [1.165, 1.54) is 31.5 Å². The maximum Gasteiger partial charge on any atom is 0.301 e. The van der Waals surface area contributed by atoms with Crippen LogP contribution in [-0.2, 0) is 19.9 Å². The molecular weight excluding hydrogens is 622 g/mol. The number of halogens is 3. The molecule has 1 saturated heterocycles. The van der Waals surface area contributed by atoms with Crippen LogP contribution in [0.15, 0.2) is 45.2 Å². The summed E-state index contributed by atoms with van der Waals surface area (Å²) >= 11 is 13.2. The number of aromatic nitrogens is 4. The average Bonchev–Trinajstić information content (AvgIpc) is 3.29. The number of benzene rings is 1. The summed E-state index contributed by atoms with van der Waals surface area (Å²) < 4.78 is 68.0. The maximum absolute atomic E-state index is 14.7. The molecule has 1 spiro atoms. The molecule has 4 aromatic rings. The lowest BCUT2D eigenvalue weighted by Gasteiger charge is -2.43. The number of piperazine rings is 1. The van der Waals surface area contributed by atoms with Gasteiger partial charge in [-0.05, 0) is 44.9 Å². The molecule has 2 aliphatic rings. The lowest BCUT2D eigenvalue weighted by atomic mass is 10.1. The summed E-state index contributed by atoms with van der Waals surface area (Å²) in [5.41, 5.74) is -0.174. The summed E-state index contributed by atoms with van der Waals surface area (Å²) in [5, 5.41) is 5.57. The zero-order valence-corrected chi connectivity index (χ0v) is 25.2. The van der Waals surface area contributed by atoms with E-state index < -0.39 is 41.5 Å². The van der Waals surface area contributed by atoms with Gasteiger partial charge in [0.25, 0.3) is 0 Å². The number of anilines is 2. The van der Waals surface area contributed by atoms with Crippen LogP contribution in [0.25, 0.3) is 10.9 Å². The Morgan fingerprint density at radius 1 is 1.10 bits per heavy atom. The van der Waals surface area contributed by atoms with Gasteiger partial charge >= 0.3 is 10.0 Å². The van der Waals surface area contributed by atoms with Crippen LogP contribution in [-0.4, -0.2) is 66.4 Å². The van der Waals surface area contributed by atoms with Gasteiger partial charge in [-0.2, -0.15) is 8.42 Å². The number of rotatable bonds is 6. The van der Waals surface area contributed by atoms with E-state index in [0.717, 1.165) is 28.3 Å². The smallest absolute Gasteiger partial charge is 0.301 e. The molecule has 40 heavy (non-hydrogen) atoms. The monoisotopic (exact) mass is 644 g/mol. The highest BCUT2D eigenvalue weighted by Gasteiger charge is 2.53. The molecule has 6 rings (SSSR count). The Kier molecular flexibility index (Phi) is 6.57. The number of sulfone groups is 1. The standard InChI is InChI=1S/C24H23Cl2FN6O4S3/c1-14(2)39(34,35)23-29-19(12-38-23)40(36,37)33-18-5-3-4-16(26)20(18)22(30-33)32-9-8-31(13-24(32)6-7-24)21-17(27)10-15(25)11-28-21/h3-5,10-12,14H,6-9,13H2,1-2H3. The minimum absolute atomic E-state index is 0.210. The van der Waals surface area contributed by atoms with Crippen molar-refractivity contribution in [3.63, 3.8) is 0 Å². The summed E-state index contributed by atoms with van der Waals surface area (Å²) in [6.07, 6.45) is 2.97. The Balaban J connectivity index is 1.41. The second-order valence-electron chi connectivity index (χ2n) is 10.1. The molecule has 0 atom stereocenters. The first-order chi connectivity index (χ1) is 18.8. The lowest BCUT2D eigenvalue weighted by molar-refractivity contribution is 0.492. The van der Waals surface area contributed by atoms with E-state index in [-0.39, 0.29) is 20.7 Å². The topological polar surface area (TPSA) is 118 Å². The molecule has 1 aromatic carbocycles. The van der Waals surface area contributed by atoms with Crippen LogP contribution in [0.1, 0.15) is 26.7 Å². The van der Waals surface area contributed by atoms with Crippen molar-refractivity contribution in [3.8, 4) is 0 Å². The lowest BCUT2D eigenvalue weighted by Crippen LogP contribution is -2.56. The Hall–Kier alpha value is -2.52. The Bertz CT molecular complexity index is 1870. The van der Waals surface area contributed by atoms with Crippen LogP contribution < -0.4 is 9.80 Å². The highest BCUT2D eigenvalue weighted by atomic mass is 35.5. The first kappa shape index (κ1) is 27.6. The summed E-state index contributed by atoms with van der Waals surface area (Å²) in [5.74, 6) is 0.0841. The van der Waals surface area contributed by atoms with Gasteiger partial charge < -0.3 is 9.80 Å². The summed E-state index contributed by atoms with van der Waals surface area (Å²) in [4.78, 5) is 12.1. The van der Waals surface area contributed by atoms with Crippen molar-refractivity contribution < 1.29 is 21.2 Å². The molecule has 0 N–H and O–H groups in total. The van der Waals surface area contributed by atoms with Crippen molar-refractivity contribution in [1.82, 2.24) is 19.2 Å². The average molecular weight is 646 g/mol. The number of nitrogens with zero attached hydrogens (tertiary/aromatic N) is 6. The van der Waals surface area contributed by atoms with E-state index in [9.17, 15) is 21.2 Å². The Labute approximate surface area is 244 Å². The van der Waals surface area contributed by atoms with Gasteiger partial charge in [-0.25, -0.2) is 22.8 Å². The van der Waals surface area contributed by atoms with E-state index in [1.54, 1.807) is 18.2 Å². The third kappa shape index (κ3) is 4.35. The third-order valence-corrected chi connectivity index (χ3v) is 12.8. The Morgan fingerprint density at radius 3 is 2.52 bits per heavy atom. The highest BCUT2D eigenvalue weighted by molar-refractivity contribution is 7.94. The van der Waals surface area contributed by atoms with Gasteiger partial charge in [-0.1, -0.05) is 29.3 Å². The fraction of sp³-hybridized carbons (Fsp3) is 0.375. The minimum Gasteiger partial charge on any atom is -0.350 e. The number of hydrogen-bond donors (Lipinski definition) is 0. The van der Waals surface area contributed by atoms with Gasteiger partial charge in [0.05, 0.1) is 31.7 Å². The van der Waals surface area contributed by atoms with Crippen molar-refractivity contribution >= 4 is 76.9 Å². The number of thiazole rings is 1. The van der Waals surface area contributed by atoms with Crippen molar-refractivity contribution in [1.29, 1.82) is 0 Å². The highest BCUT2D eigenvalue weighted by Crippen LogP contribution is 2.49. The SMILES string of the molecule is CC(C)S(=O)(=O)c1nc(S(=O)(=O)n2nc(N3CCN(c4ncc(Cl)cc4F)CC34CC4)c3c(Cl)cccc32)cs1. The molecule has 212 valence electrons. The normalized spacial score (nSPS) is 17.4. The molecule has 1 aliphatic heterocycles. The zero-order chi connectivity index (χ0) is 28.6. The van der Waals surface area contributed by atoms with Crippen molar-refractivity contribution in [2.24, 2.45) is 0 Å². The molecule has 1 aliphatic carbocycles. The van der Waals surface area contributed by atoms with E-state index in [0.29, 0.717) is 35.9 Å². The molecule has 2 fully saturated rings. The fourth-order valence-electron chi connectivity index (χ4n) is 4.94. The van der Waals surface area contributed by atoms with Gasteiger partial charge in [-0.15, -0.1) is 20.5 Å². The molecule has 0 radical (unpaired) electrons. The van der Waals surface area contributed by atoms with Gasteiger partial charge in [0.15, 0.2) is 22.5 Å². The van der Waals surface area contributed by atoms with Crippen LogP contribution >= 0.6 is 34.5 Å². The van der Waals surface area contributed by atoms with Gasteiger partial charge in [0.1, 0.15) is 0 Å². The zero-order valence-electron chi connectivity index (χ0n) is 21.3. The predicted molar refractivity (Wildman–Crippen MR) is 152 cm³/mol. The van der Waals surface area contributed by atoms with Crippen molar-refractivity contribution in [2.75, 3.05) is 29.4 Å². The molecule has 10 nitrogen and oxygen atoms in total. The molecular formula is C24H23Cl2FN6O4S3. The third-order valence-electron chi connectivity index (χ3n) is 7.25. The number of pyridine rings is 1. The van der Waals surface area contributed by atoms with Gasteiger partial charge in [0.2, 0.25) is 14.2 Å². The molecule has 0 bridgehead atoms. The summed E-state index contributed by atoms with van der Waals surface area (Å²) in [6, 6.07) is 6.10. The molecule has 0 unspecified atom stereocenters. The van der Waals surface area contributed by atoms with Crippen LogP contribution in [0.3, 0.4) is 0 Å². The van der Waals surface area contributed by atoms with Gasteiger partial charge in [0, 0.05) is 31.2 Å². The minimum atomic E-state index is -4.37. The number of fused-ring (bicyclic) bond motifs is 1. The maximum atomic E-state index is 14.7. The van der Waals surface area contributed by atoms with Crippen LogP contribution in [0.5, 0.6) is 0 Å². The molecule has 4 heterocycles. The predicted octanol–water partition coefficient (Wildman–Crippen LogP) is 4.61. The van der Waals surface area contributed by atoms with Crippen LogP contribution in [0, 0.1) is 5.82 Å². The van der Waals surface area contributed by atoms with Crippen molar-refractivity contribution in [3.05, 3.63) is 51.7 Å². The fourth-order valence-corrected chi connectivity index (χ4v) is 9.36. The largest absolute Gasteiger partial charge is 0.350 e. The first-order valence-electron chi connectivity index (χ1n) is 12.3. The van der Waals surface area contributed by atoms with E-state index in [2.05, 4.69) is 15.1 Å². The second-order valence-corrected chi connectivity index (χ2v) is 16.2. The van der Waals surface area contributed by atoms with Gasteiger partial charge in [-0.3, -0.25) is 0 Å². The van der Waals surface area contributed by atoms with Crippen LogP contribution in [0.2, 0.25) is 10.0 Å². The molecule has 16 heteroatoms. The Morgan fingerprint density at radius 2 is 1.85 bits per heavy atom. The van der Waals surface area contributed by atoms with Crippen LogP contribution in [0.4, 0.5) is 16.0 Å². The van der Waals surface area contributed by atoms with Crippen molar-refractivity contribution in [2.45, 2.75) is 46.8 Å². The van der Waals surface area contributed by atoms with E-state index in [4.69, 9.17) is 23.2 Å². The van der Waals surface area contributed by atoms with E-state index in [1.807, 2.05) is 9.80 Å². The quantitative estimate of drug-likeness (QED) is 0.296. The summed E-state index contributed by atoms with van der Waals surface area (Å²) in [6.45, 7) is 4.28. The number of hydrogen-bond acceptors (Lipinski definition) is 10.